The van der Waals surface area contributed by atoms with Gasteiger partial charge in [-0.25, -0.2) is 4.79 Å². The second-order valence-electron chi connectivity index (χ2n) is 8.74. The van der Waals surface area contributed by atoms with Crippen LogP contribution in [0.1, 0.15) is 59.6 Å². The third kappa shape index (κ3) is 4.36. The van der Waals surface area contributed by atoms with Crippen LogP contribution in [-0.2, 0) is 14.0 Å². The lowest BCUT2D eigenvalue weighted by Gasteiger charge is -2.32. The van der Waals surface area contributed by atoms with Crippen LogP contribution in [0.15, 0.2) is 12.1 Å². The first-order chi connectivity index (χ1) is 11.2. The lowest BCUT2D eigenvalue weighted by atomic mass is 9.76. The normalized spacial score (nSPS) is 19.0. The number of carbonyl (C=O) groups excluding carboxylic acids is 1. The van der Waals surface area contributed by atoms with Crippen LogP contribution >= 0.6 is 0 Å². The molecule has 5 nitrogen and oxygen atoms in total. The van der Waals surface area contributed by atoms with Gasteiger partial charge in [0.2, 0.25) is 0 Å². The zero-order valence-electron chi connectivity index (χ0n) is 16.9. The second-order valence-corrected chi connectivity index (χ2v) is 8.74. The lowest BCUT2D eigenvalue weighted by Crippen LogP contribution is -2.41. The average molecular weight is 347 g/mol. The summed E-state index contributed by atoms with van der Waals surface area (Å²) in [6, 6.07) is 3.93. The van der Waals surface area contributed by atoms with Crippen LogP contribution in [-0.4, -0.2) is 30.0 Å². The molecule has 2 rings (SSSR count). The van der Waals surface area contributed by atoms with Gasteiger partial charge in [0, 0.05) is 11.2 Å². The molecular formula is C19H30BNO4. The van der Waals surface area contributed by atoms with Gasteiger partial charge in [0.1, 0.15) is 5.60 Å². The van der Waals surface area contributed by atoms with Crippen molar-refractivity contribution >= 4 is 24.4 Å². The predicted molar refractivity (Wildman–Crippen MR) is 101 cm³/mol. The summed E-state index contributed by atoms with van der Waals surface area (Å²) >= 11 is 0. The summed E-state index contributed by atoms with van der Waals surface area (Å²) in [5, 5.41) is 2.85. The van der Waals surface area contributed by atoms with Gasteiger partial charge in [-0.05, 0) is 79.5 Å². The number of carbonyl (C=O) groups is 1. The highest BCUT2D eigenvalue weighted by atomic mass is 16.7. The van der Waals surface area contributed by atoms with Crippen LogP contribution in [0.25, 0.3) is 0 Å². The Balaban J connectivity index is 2.35. The molecule has 1 aromatic carbocycles. The molecular weight excluding hydrogens is 317 g/mol. The Labute approximate surface area is 151 Å². The third-order valence-corrected chi connectivity index (χ3v) is 4.81. The van der Waals surface area contributed by atoms with Crippen LogP contribution in [0.4, 0.5) is 10.5 Å². The summed E-state index contributed by atoms with van der Waals surface area (Å²) < 4.78 is 17.7. The predicted octanol–water partition coefficient (Wildman–Crippen LogP) is 3.95. The second kappa shape index (κ2) is 6.33. The van der Waals surface area contributed by atoms with Gasteiger partial charge >= 0.3 is 13.2 Å². The first-order valence-corrected chi connectivity index (χ1v) is 8.69. The first-order valence-electron chi connectivity index (χ1n) is 8.69. The molecule has 1 saturated heterocycles. The van der Waals surface area contributed by atoms with Gasteiger partial charge in [-0.2, -0.15) is 0 Å². The summed E-state index contributed by atoms with van der Waals surface area (Å²) in [6.45, 7) is 17.6. The Morgan fingerprint density at radius 3 is 2.00 bits per heavy atom. The molecule has 1 heterocycles. The molecule has 0 aromatic heterocycles. The zero-order valence-corrected chi connectivity index (χ0v) is 16.9. The monoisotopic (exact) mass is 347 g/mol. The molecule has 0 spiro atoms. The van der Waals surface area contributed by atoms with Gasteiger partial charge in [0.05, 0.1) is 11.2 Å². The van der Waals surface area contributed by atoms with E-state index in [0.717, 1.165) is 16.6 Å². The summed E-state index contributed by atoms with van der Waals surface area (Å²) in [7, 11) is -0.547. The molecule has 1 aromatic rings. The van der Waals surface area contributed by atoms with E-state index >= 15 is 0 Å². The van der Waals surface area contributed by atoms with Crippen LogP contribution < -0.4 is 10.8 Å². The minimum absolute atomic E-state index is 0.445. The molecule has 0 unspecified atom stereocenters. The van der Waals surface area contributed by atoms with Crippen LogP contribution in [0.3, 0.4) is 0 Å². The molecule has 6 heteroatoms. The van der Waals surface area contributed by atoms with Crippen molar-refractivity contribution in [3.05, 3.63) is 23.3 Å². The van der Waals surface area contributed by atoms with E-state index in [1.54, 1.807) is 0 Å². The van der Waals surface area contributed by atoms with E-state index in [9.17, 15) is 4.79 Å². The van der Waals surface area contributed by atoms with Gasteiger partial charge in [-0.15, -0.1) is 0 Å². The minimum atomic E-state index is -0.561. The zero-order chi connectivity index (χ0) is 19.2. The van der Waals surface area contributed by atoms with Crippen LogP contribution in [0, 0.1) is 13.8 Å². The fourth-order valence-corrected chi connectivity index (χ4v) is 2.53. The molecule has 1 amide bonds. The third-order valence-electron chi connectivity index (χ3n) is 4.81. The summed E-state index contributed by atoms with van der Waals surface area (Å²) in [5.74, 6) is 0. The fourth-order valence-electron chi connectivity index (χ4n) is 2.53. The molecule has 25 heavy (non-hydrogen) atoms. The summed E-state index contributed by atoms with van der Waals surface area (Å²) in [5.41, 5.74) is 2.18. The molecule has 0 saturated carbocycles. The number of aryl methyl sites for hydroxylation is 2. The Morgan fingerprint density at radius 1 is 1.04 bits per heavy atom. The van der Waals surface area contributed by atoms with Crippen molar-refractivity contribution in [2.45, 2.75) is 79.1 Å². The number of anilines is 1. The van der Waals surface area contributed by atoms with E-state index in [0.29, 0.717) is 5.69 Å². The van der Waals surface area contributed by atoms with Gasteiger partial charge in [-0.3, -0.25) is 5.32 Å². The highest BCUT2D eigenvalue weighted by Crippen LogP contribution is 2.37. The van der Waals surface area contributed by atoms with Crippen molar-refractivity contribution in [2.75, 3.05) is 5.32 Å². The maximum atomic E-state index is 12.2. The fraction of sp³-hybridized carbons (Fsp3) is 0.632. The number of nitrogens with one attached hydrogen (secondary N) is 1. The van der Waals surface area contributed by atoms with Crippen molar-refractivity contribution in [1.82, 2.24) is 0 Å². The Hall–Kier alpha value is -1.53. The van der Waals surface area contributed by atoms with Crippen molar-refractivity contribution in [1.29, 1.82) is 0 Å². The Morgan fingerprint density at radius 2 is 1.52 bits per heavy atom. The van der Waals surface area contributed by atoms with Gasteiger partial charge in [-0.1, -0.05) is 6.07 Å². The quantitative estimate of drug-likeness (QED) is 0.823. The Kier molecular flexibility index (Phi) is 5.01. The van der Waals surface area contributed by atoms with Crippen molar-refractivity contribution in [3.63, 3.8) is 0 Å². The summed E-state index contributed by atoms with van der Waals surface area (Å²) in [6.07, 6.45) is -0.492. The average Bonchev–Trinajstić information content (AvgIpc) is 2.60. The highest BCUT2D eigenvalue weighted by Gasteiger charge is 2.52. The van der Waals surface area contributed by atoms with Crippen LogP contribution in [0.2, 0.25) is 0 Å². The first kappa shape index (κ1) is 19.8. The Bertz CT molecular complexity index is 661. The van der Waals surface area contributed by atoms with Gasteiger partial charge in [0.15, 0.2) is 0 Å². The van der Waals surface area contributed by atoms with Crippen molar-refractivity contribution in [3.8, 4) is 0 Å². The van der Waals surface area contributed by atoms with E-state index < -0.39 is 30.0 Å². The largest absolute Gasteiger partial charge is 0.496 e. The standard InChI is InChI=1S/C19H30BNO4/c1-12-10-14(20-24-18(6,7)19(8,9)25-20)15(11-13(12)2)21-16(22)23-17(3,4)5/h10-11H,1-9H3,(H,21,22). The molecule has 1 N–H and O–H groups in total. The van der Waals surface area contributed by atoms with E-state index in [1.807, 2.05) is 74.4 Å². The molecule has 0 radical (unpaired) electrons. The number of amides is 1. The number of hydrogen-bond donors (Lipinski definition) is 1. The molecule has 1 aliphatic rings. The minimum Gasteiger partial charge on any atom is -0.444 e. The molecule has 1 fully saturated rings. The van der Waals surface area contributed by atoms with Gasteiger partial charge in [0.25, 0.3) is 0 Å². The number of benzene rings is 1. The van der Waals surface area contributed by atoms with Crippen molar-refractivity contribution in [2.24, 2.45) is 0 Å². The smallest absolute Gasteiger partial charge is 0.444 e. The van der Waals surface area contributed by atoms with Gasteiger partial charge < -0.3 is 14.0 Å². The number of rotatable bonds is 2. The lowest BCUT2D eigenvalue weighted by molar-refractivity contribution is 0.00578. The molecule has 1 aliphatic heterocycles. The molecule has 0 aliphatic carbocycles. The maximum absolute atomic E-state index is 12.2. The van der Waals surface area contributed by atoms with E-state index in [-0.39, 0.29) is 0 Å². The topological polar surface area (TPSA) is 56.8 Å². The summed E-state index contributed by atoms with van der Waals surface area (Å²) in [4.78, 5) is 12.2. The molecule has 0 atom stereocenters. The van der Waals surface area contributed by atoms with E-state index in [2.05, 4.69) is 5.32 Å². The van der Waals surface area contributed by atoms with Crippen LogP contribution in [0.5, 0.6) is 0 Å². The maximum Gasteiger partial charge on any atom is 0.496 e. The van der Waals surface area contributed by atoms with E-state index in [4.69, 9.17) is 14.0 Å². The highest BCUT2D eigenvalue weighted by molar-refractivity contribution is 6.64. The van der Waals surface area contributed by atoms with E-state index in [1.165, 1.54) is 0 Å². The number of ether oxygens (including phenoxy) is 1. The van der Waals surface area contributed by atoms with Crippen molar-refractivity contribution < 1.29 is 18.8 Å². The SMILES string of the molecule is Cc1cc(NC(=O)OC(C)(C)C)c(B2OC(C)(C)C(C)(C)O2)cc1C. The molecule has 138 valence electrons. The molecule has 0 bridgehead atoms. The number of hydrogen-bond acceptors (Lipinski definition) is 4.